The van der Waals surface area contributed by atoms with Crippen LogP contribution in [0.25, 0.3) is 0 Å². The van der Waals surface area contributed by atoms with Crippen LogP contribution in [0.3, 0.4) is 0 Å². The molecule has 2 rings (SSSR count). The van der Waals surface area contributed by atoms with E-state index >= 15 is 0 Å². The number of nitrogens with zero attached hydrogens (tertiary/aromatic N) is 2. The Labute approximate surface area is 123 Å². The van der Waals surface area contributed by atoms with E-state index in [0.717, 1.165) is 23.9 Å². The minimum Gasteiger partial charge on any atom is -0.321 e. The minimum absolute atomic E-state index is 0.232. The van der Waals surface area contributed by atoms with E-state index in [1.165, 1.54) is 17.0 Å². The van der Waals surface area contributed by atoms with Gasteiger partial charge in [0.15, 0.2) is 5.13 Å². The van der Waals surface area contributed by atoms with Crippen molar-refractivity contribution in [3.8, 4) is 0 Å². The summed E-state index contributed by atoms with van der Waals surface area (Å²) in [6.07, 6.45) is 1.88. The second kappa shape index (κ2) is 6.81. The van der Waals surface area contributed by atoms with Crippen LogP contribution in [-0.4, -0.2) is 18.6 Å². The fraction of sp³-hybridized carbons (Fsp3) is 0.400. The van der Waals surface area contributed by atoms with Gasteiger partial charge in [0.25, 0.3) is 0 Å². The highest BCUT2D eigenvalue weighted by atomic mass is 32.1. The molecule has 0 aliphatic carbocycles. The number of benzene rings is 1. The first-order valence-corrected chi connectivity index (χ1v) is 7.52. The summed E-state index contributed by atoms with van der Waals surface area (Å²) in [6, 6.07) is 6.54. The number of anilines is 2. The van der Waals surface area contributed by atoms with Crippen LogP contribution >= 0.6 is 11.3 Å². The summed E-state index contributed by atoms with van der Waals surface area (Å²) in [5, 5.41) is 4.27. The molecule has 0 amide bonds. The molecule has 0 spiro atoms. The van der Waals surface area contributed by atoms with Gasteiger partial charge in [0.2, 0.25) is 0 Å². The molecule has 1 N–H and O–H groups in total. The zero-order valence-electron chi connectivity index (χ0n) is 12.1. The number of hydrogen-bond acceptors (Lipinski definition) is 4. The maximum Gasteiger partial charge on any atom is 0.189 e. The summed E-state index contributed by atoms with van der Waals surface area (Å²) >= 11 is 1.62. The highest BCUT2D eigenvalue weighted by Gasteiger charge is 2.09. The average molecular weight is 293 g/mol. The molecular weight excluding hydrogens is 273 g/mol. The van der Waals surface area contributed by atoms with Crippen LogP contribution in [0.1, 0.15) is 18.7 Å². The lowest BCUT2D eigenvalue weighted by molar-refractivity contribution is 0.554. The number of thiazole rings is 1. The number of nitrogens with one attached hydrogen (secondary N) is 1. The van der Waals surface area contributed by atoms with Crippen LogP contribution in [0.5, 0.6) is 0 Å². The van der Waals surface area contributed by atoms with Crippen molar-refractivity contribution in [2.45, 2.75) is 20.4 Å². The van der Waals surface area contributed by atoms with Gasteiger partial charge < -0.3 is 10.2 Å². The van der Waals surface area contributed by atoms with Crippen molar-refractivity contribution in [2.75, 3.05) is 18.5 Å². The van der Waals surface area contributed by atoms with Gasteiger partial charge in [-0.1, -0.05) is 19.9 Å². The summed E-state index contributed by atoms with van der Waals surface area (Å²) in [6.45, 7) is 6.19. The summed E-state index contributed by atoms with van der Waals surface area (Å²) in [4.78, 5) is 7.49. The molecule has 20 heavy (non-hydrogen) atoms. The van der Waals surface area contributed by atoms with Crippen molar-refractivity contribution in [3.63, 3.8) is 0 Å². The van der Waals surface area contributed by atoms with Crippen molar-refractivity contribution >= 4 is 22.2 Å². The third kappa shape index (κ3) is 4.02. The molecule has 1 heterocycles. The van der Waals surface area contributed by atoms with Gasteiger partial charge in [0.1, 0.15) is 5.82 Å². The monoisotopic (exact) mass is 293 g/mol. The Hall–Kier alpha value is -1.46. The van der Waals surface area contributed by atoms with Gasteiger partial charge >= 0.3 is 0 Å². The first-order valence-electron chi connectivity index (χ1n) is 6.71. The SMILES string of the molecule is CC(C)CNCc1cnc(N(C)c2cccc(F)c2)s1. The predicted molar refractivity (Wildman–Crippen MR) is 83.1 cm³/mol. The van der Waals surface area contributed by atoms with E-state index < -0.39 is 0 Å². The van der Waals surface area contributed by atoms with E-state index in [9.17, 15) is 4.39 Å². The van der Waals surface area contributed by atoms with Crippen LogP contribution in [0.15, 0.2) is 30.5 Å². The highest BCUT2D eigenvalue weighted by molar-refractivity contribution is 7.15. The lowest BCUT2D eigenvalue weighted by atomic mass is 10.2. The topological polar surface area (TPSA) is 28.2 Å². The summed E-state index contributed by atoms with van der Waals surface area (Å²) in [7, 11) is 1.90. The molecule has 5 heteroatoms. The van der Waals surface area contributed by atoms with E-state index in [4.69, 9.17) is 0 Å². The Kier molecular flexibility index (Phi) is 5.09. The Bertz CT molecular complexity index is 554. The lowest BCUT2D eigenvalue weighted by Crippen LogP contribution is -2.18. The number of hydrogen-bond donors (Lipinski definition) is 1. The van der Waals surface area contributed by atoms with Crippen LogP contribution in [0, 0.1) is 11.7 Å². The normalized spacial score (nSPS) is 11.1. The van der Waals surface area contributed by atoms with E-state index in [1.54, 1.807) is 17.4 Å². The largest absolute Gasteiger partial charge is 0.321 e. The molecule has 0 unspecified atom stereocenters. The zero-order valence-corrected chi connectivity index (χ0v) is 12.9. The van der Waals surface area contributed by atoms with Gasteiger partial charge in [0.05, 0.1) is 0 Å². The average Bonchev–Trinajstić information content (AvgIpc) is 2.86. The van der Waals surface area contributed by atoms with Crippen molar-refractivity contribution in [1.29, 1.82) is 0 Å². The molecule has 0 saturated carbocycles. The van der Waals surface area contributed by atoms with Crippen LogP contribution in [-0.2, 0) is 6.54 Å². The summed E-state index contributed by atoms with van der Waals surface area (Å²) in [5.74, 6) is 0.405. The predicted octanol–water partition coefficient (Wildman–Crippen LogP) is 3.80. The van der Waals surface area contributed by atoms with Gasteiger partial charge in [-0.3, -0.25) is 0 Å². The molecule has 0 atom stereocenters. The van der Waals surface area contributed by atoms with Crippen LogP contribution in [0.4, 0.5) is 15.2 Å². The number of halogens is 1. The van der Waals surface area contributed by atoms with Gasteiger partial charge in [0, 0.05) is 30.4 Å². The quantitative estimate of drug-likeness (QED) is 0.878. The van der Waals surface area contributed by atoms with Gasteiger partial charge in [-0.25, -0.2) is 9.37 Å². The second-order valence-corrected chi connectivity index (χ2v) is 6.27. The van der Waals surface area contributed by atoms with E-state index in [0.29, 0.717) is 5.92 Å². The van der Waals surface area contributed by atoms with Gasteiger partial charge in [-0.2, -0.15) is 0 Å². The Balaban J connectivity index is 2.01. The molecule has 1 aromatic carbocycles. The van der Waals surface area contributed by atoms with Gasteiger partial charge in [-0.05, 0) is 30.7 Å². The first kappa shape index (κ1) is 14.9. The third-order valence-electron chi connectivity index (χ3n) is 2.88. The molecule has 108 valence electrons. The van der Waals surface area contributed by atoms with Crippen molar-refractivity contribution in [2.24, 2.45) is 5.92 Å². The highest BCUT2D eigenvalue weighted by Crippen LogP contribution is 2.28. The second-order valence-electron chi connectivity index (χ2n) is 5.17. The number of rotatable bonds is 6. The molecule has 0 fully saturated rings. The molecule has 1 aromatic heterocycles. The maximum absolute atomic E-state index is 13.2. The van der Waals surface area contributed by atoms with E-state index in [1.807, 2.05) is 24.2 Å². The smallest absolute Gasteiger partial charge is 0.189 e. The molecular formula is C15H20FN3S. The fourth-order valence-corrected chi connectivity index (χ4v) is 2.68. The molecule has 0 aliphatic rings. The molecule has 0 bridgehead atoms. The van der Waals surface area contributed by atoms with Crippen molar-refractivity contribution in [1.82, 2.24) is 10.3 Å². The van der Waals surface area contributed by atoms with Gasteiger partial charge in [-0.15, -0.1) is 11.3 Å². The maximum atomic E-state index is 13.2. The fourth-order valence-electron chi connectivity index (χ4n) is 1.81. The van der Waals surface area contributed by atoms with E-state index in [2.05, 4.69) is 24.1 Å². The molecule has 0 aliphatic heterocycles. The summed E-state index contributed by atoms with van der Waals surface area (Å²) < 4.78 is 13.2. The molecule has 2 aromatic rings. The van der Waals surface area contributed by atoms with Crippen LogP contribution in [0.2, 0.25) is 0 Å². The Morgan fingerprint density at radius 3 is 2.90 bits per heavy atom. The first-order chi connectivity index (χ1) is 9.56. The lowest BCUT2D eigenvalue weighted by Gasteiger charge is -2.15. The Morgan fingerprint density at radius 2 is 2.20 bits per heavy atom. The molecule has 3 nitrogen and oxygen atoms in total. The number of aromatic nitrogens is 1. The molecule has 0 radical (unpaired) electrons. The van der Waals surface area contributed by atoms with Crippen molar-refractivity contribution < 1.29 is 4.39 Å². The van der Waals surface area contributed by atoms with E-state index in [-0.39, 0.29) is 5.82 Å². The Morgan fingerprint density at radius 1 is 1.40 bits per heavy atom. The zero-order chi connectivity index (χ0) is 14.5. The minimum atomic E-state index is -0.232. The van der Waals surface area contributed by atoms with Crippen LogP contribution < -0.4 is 10.2 Å². The standard InChI is InChI=1S/C15H20FN3S/c1-11(2)8-17-9-14-10-18-15(20-14)19(3)13-6-4-5-12(16)7-13/h4-7,10-11,17H,8-9H2,1-3H3. The molecule has 0 saturated heterocycles. The third-order valence-corrected chi connectivity index (χ3v) is 3.95. The summed E-state index contributed by atoms with van der Waals surface area (Å²) in [5.41, 5.74) is 0.807. The van der Waals surface area contributed by atoms with Crippen molar-refractivity contribution in [3.05, 3.63) is 41.2 Å².